The van der Waals surface area contributed by atoms with E-state index in [0.29, 0.717) is 21.7 Å². The van der Waals surface area contributed by atoms with Gasteiger partial charge in [-0.05, 0) is 24.3 Å². The molecule has 1 aliphatic rings. The summed E-state index contributed by atoms with van der Waals surface area (Å²) in [6.07, 6.45) is 1.90. The van der Waals surface area contributed by atoms with Gasteiger partial charge in [-0.3, -0.25) is 9.20 Å². The van der Waals surface area contributed by atoms with Crippen molar-refractivity contribution in [1.29, 1.82) is 0 Å². The number of benzene rings is 2. The van der Waals surface area contributed by atoms with E-state index in [-0.39, 0.29) is 29.5 Å². The number of nitrogens with zero attached hydrogens (tertiary/aromatic N) is 2. The van der Waals surface area contributed by atoms with Crippen LogP contribution in [0, 0.1) is 11.6 Å². The van der Waals surface area contributed by atoms with E-state index in [2.05, 4.69) is 4.98 Å². The minimum absolute atomic E-state index is 0.192. The third-order valence-electron chi connectivity index (χ3n) is 4.84. The molecule has 27 heavy (non-hydrogen) atoms. The lowest BCUT2D eigenvalue weighted by Gasteiger charge is -2.29. The van der Waals surface area contributed by atoms with E-state index in [1.165, 1.54) is 40.0 Å². The molecule has 0 aliphatic carbocycles. The first-order valence-corrected chi connectivity index (χ1v) is 9.15. The van der Waals surface area contributed by atoms with Crippen LogP contribution in [-0.4, -0.2) is 9.38 Å². The van der Waals surface area contributed by atoms with E-state index in [1.54, 1.807) is 35.8 Å². The Morgan fingerprint density at radius 2 is 1.59 bits per heavy atom. The second kappa shape index (κ2) is 5.72. The molecule has 0 N–H and O–H groups in total. The van der Waals surface area contributed by atoms with Crippen LogP contribution >= 0.6 is 11.3 Å². The van der Waals surface area contributed by atoms with Gasteiger partial charge in [-0.25, -0.2) is 8.78 Å². The van der Waals surface area contributed by atoms with Crippen LogP contribution in [0.25, 0.3) is 4.96 Å². The molecule has 4 aromatic rings. The summed E-state index contributed by atoms with van der Waals surface area (Å²) in [5, 5.41) is 1.78. The summed E-state index contributed by atoms with van der Waals surface area (Å²) in [7, 11) is 0. The molecule has 3 heterocycles. The van der Waals surface area contributed by atoms with Gasteiger partial charge in [0.05, 0.1) is 5.56 Å². The van der Waals surface area contributed by atoms with E-state index in [4.69, 9.17) is 4.74 Å². The van der Waals surface area contributed by atoms with Crippen LogP contribution in [0.4, 0.5) is 8.78 Å². The van der Waals surface area contributed by atoms with Gasteiger partial charge in [0.2, 0.25) is 5.88 Å². The van der Waals surface area contributed by atoms with Crippen LogP contribution in [0.3, 0.4) is 0 Å². The minimum atomic E-state index is -1.07. The Balaban J connectivity index is 1.74. The van der Waals surface area contributed by atoms with E-state index in [0.717, 1.165) is 0 Å². The molecule has 0 fully saturated rings. The van der Waals surface area contributed by atoms with Crippen LogP contribution in [0.5, 0.6) is 5.88 Å². The number of fused-ring (bicyclic) bond motifs is 2. The highest BCUT2D eigenvalue weighted by Crippen LogP contribution is 2.44. The molecule has 1 aliphatic heterocycles. The fraction of sp³-hybridized carbons (Fsp3) is 0.100. The molecule has 4 nitrogen and oxygen atoms in total. The van der Waals surface area contributed by atoms with Gasteiger partial charge in [0, 0.05) is 29.1 Å². The van der Waals surface area contributed by atoms with Gasteiger partial charge < -0.3 is 4.74 Å². The molecule has 0 unspecified atom stereocenters. The van der Waals surface area contributed by atoms with Crippen LogP contribution in [0.1, 0.15) is 16.7 Å². The molecular weight excluding hydrogens is 370 g/mol. The zero-order chi connectivity index (χ0) is 18.6. The van der Waals surface area contributed by atoms with Crippen LogP contribution in [0.15, 0.2) is 64.9 Å². The third-order valence-corrected chi connectivity index (χ3v) is 5.60. The molecule has 134 valence electrons. The maximum Gasteiger partial charge on any atom is 0.265 e. The smallest absolute Gasteiger partial charge is 0.265 e. The largest absolute Gasteiger partial charge is 0.460 e. The Bertz CT molecular complexity index is 1170. The summed E-state index contributed by atoms with van der Waals surface area (Å²) in [4.78, 5) is 17.9. The van der Waals surface area contributed by atoms with Crippen LogP contribution < -0.4 is 10.3 Å². The lowest BCUT2D eigenvalue weighted by Crippen LogP contribution is -2.33. The normalized spacial score (nSPS) is 14.9. The van der Waals surface area contributed by atoms with Crippen molar-refractivity contribution in [2.45, 2.75) is 12.0 Å². The van der Waals surface area contributed by atoms with Crippen molar-refractivity contribution < 1.29 is 13.5 Å². The molecule has 0 saturated carbocycles. The molecule has 0 amide bonds. The first-order chi connectivity index (χ1) is 13.1. The zero-order valence-electron chi connectivity index (χ0n) is 13.9. The molecule has 0 atom stereocenters. The Kier molecular flexibility index (Phi) is 3.42. The zero-order valence-corrected chi connectivity index (χ0v) is 14.7. The van der Waals surface area contributed by atoms with Gasteiger partial charge in [0.25, 0.3) is 5.56 Å². The standard InChI is InChI=1S/C20H12F2N2O2S/c21-14-5-1-12(2-6-14)20(13-3-7-15(22)8-4-13)11-16-17(26-20)23-19-24(18(16)25)9-10-27-19/h1-10H,11H2. The van der Waals surface area contributed by atoms with Crippen molar-refractivity contribution in [3.05, 3.63) is 98.8 Å². The Morgan fingerprint density at radius 1 is 1.00 bits per heavy atom. The summed E-state index contributed by atoms with van der Waals surface area (Å²) in [6, 6.07) is 11.8. The Hall–Kier alpha value is -3.06. The molecular formula is C20H12F2N2O2S. The quantitative estimate of drug-likeness (QED) is 0.528. The molecule has 2 aromatic heterocycles. The highest BCUT2D eigenvalue weighted by molar-refractivity contribution is 7.15. The fourth-order valence-electron chi connectivity index (χ4n) is 3.51. The van der Waals surface area contributed by atoms with Gasteiger partial charge >= 0.3 is 0 Å². The van der Waals surface area contributed by atoms with Crippen molar-refractivity contribution in [3.63, 3.8) is 0 Å². The number of rotatable bonds is 2. The van der Waals surface area contributed by atoms with E-state index in [9.17, 15) is 13.6 Å². The molecule has 0 saturated heterocycles. The molecule has 0 spiro atoms. The number of aromatic nitrogens is 2. The maximum atomic E-state index is 13.5. The van der Waals surface area contributed by atoms with Crippen LogP contribution in [-0.2, 0) is 12.0 Å². The molecule has 5 rings (SSSR count). The highest BCUT2D eigenvalue weighted by Gasteiger charge is 2.45. The fourth-order valence-corrected chi connectivity index (χ4v) is 4.21. The SMILES string of the molecule is O=c1c2c(nc3sccn13)OC(c1ccc(F)cc1)(c1ccc(F)cc1)C2. The third kappa shape index (κ3) is 2.39. The summed E-state index contributed by atoms with van der Waals surface area (Å²) in [5.74, 6) is -0.486. The first kappa shape index (κ1) is 16.1. The van der Waals surface area contributed by atoms with Crippen molar-refractivity contribution >= 4 is 16.3 Å². The second-order valence-electron chi connectivity index (χ2n) is 6.38. The second-order valence-corrected chi connectivity index (χ2v) is 7.25. The van der Waals surface area contributed by atoms with Gasteiger partial charge in [0.1, 0.15) is 11.6 Å². The number of hydrogen-bond acceptors (Lipinski definition) is 4. The average molecular weight is 382 g/mol. The minimum Gasteiger partial charge on any atom is -0.460 e. The Morgan fingerprint density at radius 3 is 2.19 bits per heavy atom. The lowest BCUT2D eigenvalue weighted by molar-refractivity contribution is 0.134. The first-order valence-electron chi connectivity index (χ1n) is 8.27. The summed E-state index contributed by atoms with van der Waals surface area (Å²) in [6.45, 7) is 0. The van der Waals surface area contributed by atoms with E-state index < -0.39 is 5.60 Å². The monoisotopic (exact) mass is 382 g/mol. The number of thiazole rings is 1. The summed E-state index contributed by atoms with van der Waals surface area (Å²) in [5.41, 5.74) is 0.518. The summed E-state index contributed by atoms with van der Waals surface area (Å²) < 4.78 is 34.7. The molecule has 0 bridgehead atoms. The van der Waals surface area contributed by atoms with Gasteiger partial charge in [0.15, 0.2) is 10.6 Å². The highest BCUT2D eigenvalue weighted by atomic mass is 32.1. The number of ether oxygens (including phenoxy) is 1. The predicted octanol–water partition coefficient (Wildman–Crippen LogP) is 3.91. The predicted molar refractivity (Wildman–Crippen MR) is 97.3 cm³/mol. The van der Waals surface area contributed by atoms with Crippen molar-refractivity contribution in [1.82, 2.24) is 9.38 Å². The molecule has 7 heteroatoms. The maximum absolute atomic E-state index is 13.5. The van der Waals surface area contributed by atoms with Gasteiger partial charge in [-0.15, -0.1) is 11.3 Å². The van der Waals surface area contributed by atoms with E-state index in [1.807, 2.05) is 0 Å². The Labute approximate surface area is 156 Å². The van der Waals surface area contributed by atoms with E-state index >= 15 is 0 Å². The lowest BCUT2D eigenvalue weighted by atomic mass is 9.83. The van der Waals surface area contributed by atoms with Crippen molar-refractivity contribution in [3.8, 4) is 5.88 Å². The topological polar surface area (TPSA) is 43.6 Å². The van der Waals surface area contributed by atoms with Gasteiger partial charge in [-0.2, -0.15) is 4.98 Å². The molecule has 0 radical (unpaired) electrons. The van der Waals surface area contributed by atoms with Crippen LogP contribution in [0.2, 0.25) is 0 Å². The van der Waals surface area contributed by atoms with Gasteiger partial charge in [-0.1, -0.05) is 24.3 Å². The number of hydrogen-bond donors (Lipinski definition) is 0. The molecule has 2 aromatic carbocycles. The average Bonchev–Trinajstić information content (AvgIpc) is 3.29. The number of halogens is 2. The summed E-state index contributed by atoms with van der Waals surface area (Å²) >= 11 is 1.34. The van der Waals surface area contributed by atoms with Crippen molar-refractivity contribution in [2.24, 2.45) is 0 Å². The van der Waals surface area contributed by atoms with Crippen molar-refractivity contribution in [2.75, 3.05) is 0 Å².